The molecular formula is C17H19N3O2S2. The van der Waals surface area contributed by atoms with Crippen molar-refractivity contribution in [2.45, 2.75) is 31.9 Å². The Morgan fingerprint density at radius 3 is 2.42 bits per heavy atom. The third-order valence-corrected chi connectivity index (χ3v) is 7.06. The minimum absolute atomic E-state index is 0.274. The number of hydrogen-bond donors (Lipinski definition) is 2. The molecule has 3 aromatic rings. The van der Waals surface area contributed by atoms with Crippen molar-refractivity contribution in [1.82, 2.24) is 10.2 Å². The van der Waals surface area contributed by atoms with Crippen LogP contribution in [0.1, 0.15) is 22.4 Å². The van der Waals surface area contributed by atoms with E-state index in [0.717, 1.165) is 33.0 Å². The van der Waals surface area contributed by atoms with Crippen molar-refractivity contribution in [3.63, 3.8) is 0 Å². The first-order valence-electron chi connectivity index (χ1n) is 7.50. The molecule has 0 aliphatic heterocycles. The van der Waals surface area contributed by atoms with E-state index in [9.17, 15) is 8.42 Å². The molecule has 3 rings (SSSR count). The Kier molecular flexibility index (Phi) is 4.23. The first-order chi connectivity index (χ1) is 11.3. The molecule has 0 aliphatic carbocycles. The second-order valence-corrected chi connectivity index (χ2v) is 8.84. The minimum atomic E-state index is -3.61. The molecule has 0 saturated carbocycles. The molecule has 0 bridgehead atoms. The highest BCUT2D eigenvalue weighted by Gasteiger charge is 2.19. The number of H-pyrrole nitrogens is 1. The number of nitrogens with zero attached hydrogens (tertiary/aromatic N) is 1. The number of anilines is 1. The van der Waals surface area contributed by atoms with E-state index in [4.69, 9.17) is 0 Å². The molecule has 2 N–H and O–H groups in total. The molecule has 2 heterocycles. The summed E-state index contributed by atoms with van der Waals surface area (Å²) in [6, 6.07) is 8.93. The lowest BCUT2D eigenvalue weighted by molar-refractivity contribution is 0.603. The van der Waals surface area contributed by atoms with Crippen LogP contribution in [-0.2, 0) is 10.0 Å². The highest BCUT2D eigenvalue weighted by molar-refractivity contribution is 7.94. The average molecular weight is 361 g/mol. The molecule has 1 aromatic carbocycles. The van der Waals surface area contributed by atoms with Gasteiger partial charge in [0.2, 0.25) is 0 Å². The van der Waals surface area contributed by atoms with E-state index < -0.39 is 10.0 Å². The van der Waals surface area contributed by atoms with Gasteiger partial charge >= 0.3 is 0 Å². The molecule has 5 nitrogen and oxygen atoms in total. The van der Waals surface area contributed by atoms with Crippen LogP contribution < -0.4 is 4.72 Å². The molecular weight excluding hydrogens is 342 g/mol. The second kappa shape index (κ2) is 6.07. The maximum atomic E-state index is 12.6. The monoisotopic (exact) mass is 361 g/mol. The maximum absolute atomic E-state index is 12.6. The largest absolute Gasteiger partial charge is 0.282 e. The maximum Gasteiger partial charge on any atom is 0.271 e. The van der Waals surface area contributed by atoms with Crippen LogP contribution in [0.4, 0.5) is 5.69 Å². The molecule has 0 fully saturated rings. The van der Waals surface area contributed by atoms with Crippen LogP contribution in [0.5, 0.6) is 0 Å². The molecule has 0 atom stereocenters. The summed E-state index contributed by atoms with van der Waals surface area (Å²) in [5.41, 5.74) is 5.55. The Balaban J connectivity index is 1.90. The summed E-state index contributed by atoms with van der Waals surface area (Å²) in [6.07, 6.45) is 0. The zero-order valence-corrected chi connectivity index (χ0v) is 15.6. The average Bonchev–Trinajstić information content (AvgIpc) is 3.12. The molecule has 126 valence electrons. The lowest BCUT2D eigenvalue weighted by atomic mass is 10.1. The molecule has 0 unspecified atom stereocenters. The van der Waals surface area contributed by atoms with Gasteiger partial charge in [-0.25, -0.2) is 8.42 Å². The van der Waals surface area contributed by atoms with Gasteiger partial charge in [-0.05, 0) is 68.7 Å². The molecule has 0 amide bonds. The molecule has 7 heteroatoms. The predicted octanol–water partition coefficient (Wildman–Crippen LogP) is 4.17. The lowest BCUT2D eigenvalue weighted by Gasteiger charge is -2.08. The van der Waals surface area contributed by atoms with Gasteiger partial charge in [0, 0.05) is 11.4 Å². The summed E-state index contributed by atoms with van der Waals surface area (Å²) in [4.78, 5) is 0.831. The fraction of sp³-hybridized carbons (Fsp3) is 0.235. The van der Waals surface area contributed by atoms with Crippen molar-refractivity contribution in [3.05, 3.63) is 52.7 Å². The van der Waals surface area contributed by atoms with Crippen LogP contribution in [0.3, 0.4) is 0 Å². The van der Waals surface area contributed by atoms with Gasteiger partial charge in [-0.3, -0.25) is 9.82 Å². The Labute approximate surface area is 145 Å². The normalized spacial score (nSPS) is 11.7. The van der Waals surface area contributed by atoms with E-state index in [1.165, 1.54) is 11.3 Å². The zero-order valence-electron chi connectivity index (χ0n) is 14.0. The smallest absolute Gasteiger partial charge is 0.271 e. The van der Waals surface area contributed by atoms with E-state index in [0.29, 0.717) is 5.69 Å². The van der Waals surface area contributed by atoms with Gasteiger partial charge in [0.1, 0.15) is 9.90 Å². The van der Waals surface area contributed by atoms with Crippen LogP contribution in [0.2, 0.25) is 0 Å². The van der Waals surface area contributed by atoms with Gasteiger partial charge in [-0.15, -0.1) is 11.3 Å². The summed E-state index contributed by atoms with van der Waals surface area (Å²) >= 11 is 1.21. The Morgan fingerprint density at radius 2 is 1.79 bits per heavy atom. The van der Waals surface area contributed by atoms with E-state index in [-0.39, 0.29) is 4.21 Å². The van der Waals surface area contributed by atoms with Gasteiger partial charge in [-0.1, -0.05) is 6.07 Å². The van der Waals surface area contributed by atoms with Crippen molar-refractivity contribution in [2.75, 3.05) is 4.72 Å². The number of aryl methyl sites for hydroxylation is 3. The van der Waals surface area contributed by atoms with Crippen LogP contribution in [0.25, 0.3) is 10.6 Å². The lowest BCUT2D eigenvalue weighted by Crippen LogP contribution is -2.11. The molecule has 24 heavy (non-hydrogen) atoms. The summed E-state index contributed by atoms with van der Waals surface area (Å²) in [7, 11) is -3.61. The van der Waals surface area contributed by atoms with Crippen molar-refractivity contribution in [1.29, 1.82) is 0 Å². The summed E-state index contributed by atoms with van der Waals surface area (Å²) < 4.78 is 28.1. The molecule has 0 saturated heterocycles. The molecule has 0 aliphatic rings. The Hall–Kier alpha value is -2.12. The van der Waals surface area contributed by atoms with Crippen LogP contribution >= 0.6 is 11.3 Å². The van der Waals surface area contributed by atoms with E-state index in [2.05, 4.69) is 14.9 Å². The van der Waals surface area contributed by atoms with E-state index >= 15 is 0 Å². The quantitative estimate of drug-likeness (QED) is 0.732. The van der Waals surface area contributed by atoms with Gasteiger partial charge in [0.15, 0.2) is 0 Å². The second-order valence-electron chi connectivity index (χ2n) is 5.85. The number of aromatic nitrogens is 2. The zero-order chi connectivity index (χ0) is 17.5. The summed E-state index contributed by atoms with van der Waals surface area (Å²) in [5, 5.41) is 7.18. The number of aromatic amines is 1. The third-order valence-electron chi connectivity index (χ3n) is 4.09. The van der Waals surface area contributed by atoms with Crippen molar-refractivity contribution >= 4 is 27.0 Å². The molecule has 0 spiro atoms. The SMILES string of the molecule is Cc1ccc(NS(=O)(=O)c2ccc(-c3n[nH]c(C)c3C)s2)cc1C. The van der Waals surface area contributed by atoms with Crippen LogP contribution in [0.15, 0.2) is 34.5 Å². The predicted molar refractivity (Wildman–Crippen MR) is 98.1 cm³/mol. The number of nitrogens with one attached hydrogen (secondary N) is 2. The summed E-state index contributed by atoms with van der Waals surface area (Å²) in [6.45, 7) is 7.86. The Bertz CT molecular complexity index is 1000. The standard InChI is InChI=1S/C17H19N3O2S2/c1-10-5-6-14(9-11(10)2)20-24(21,22)16-8-7-15(23-16)17-12(3)13(4)18-19-17/h5-9,20H,1-4H3,(H,18,19). The number of thiophene rings is 1. The van der Waals surface area contributed by atoms with Crippen molar-refractivity contribution in [3.8, 4) is 10.6 Å². The third kappa shape index (κ3) is 3.09. The van der Waals surface area contributed by atoms with Crippen molar-refractivity contribution < 1.29 is 8.42 Å². The highest BCUT2D eigenvalue weighted by atomic mass is 32.2. The fourth-order valence-corrected chi connectivity index (χ4v) is 4.73. The van der Waals surface area contributed by atoms with Crippen LogP contribution in [-0.4, -0.2) is 18.6 Å². The number of hydrogen-bond acceptors (Lipinski definition) is 4. The first-order valence-corrected chi connectivity index (χ1v) is 9.80. The topological polar surface area (TPSA) is 74.8 Å². The van der Waals surface area contributed by atoms with Gasteiger partial charge in [-0.2, -0.15) is 5.10 Å². The minimum Gasteiger partial charge on any atom is -0.282 e. The van der Waals surface area contributed by atoms with Crippen molar-refractivity contribution in [2.24, 2.45) is 0 Å². The summed E-state index contributed by atoms with van der Waals surface area (Å²) in [5.74, 6) is 0. The molecule has 2 aromatic heterocycles. The number of sulfonamides is 1. The molecule has 0 radical (unpaired) electrons. The van der Waals surface area contributed by atoms with E-state index in [1.54, 1.807) is 18.2 Å². The van der Waals surface area contributed by atoms with Gasteiger partial charge in [0.25, 0.3) is 10.0 Å². The van der Waals surface area contributed by atoms with Gasteiger partial charge < -0.3 is 0 Å². The first kappa shape index (κ1) is 16.7. The fourth-order valence-electron chi connectivity index (χ4n) is 2.33. The van der Waals surface area contributed by atoms with Crippen LogP contribution in [0, 0.1) is 27.7 Å². The number of rotatable bonds is 4. The highest BCUT2D eigenvalue weighted by Crippen LogP contribution is 2.33. The Morgan fingerprint density at radius 1 is 1.04 bits per heavy atom. The number of benzene rings is 1. The van der Waals surface area contributed by atoms with E-state index in [1.807, 2.05) is 39.8 Å². The van der Waals surface area contributed by atoms with Gasteiger partial charge in [0.05, 0.1) is 4.88 Å².